The maximum absolute atomic E-state index is 6.69. The first-order chi connectivity index (χ1) is 17.4. The van der Waals surface area contributed by atoms with Crippen molar-refractivity contribution in [3.8, 4) is 0 Å². The second kappa shape index (κ2) is 13.4. The molecule has 39 heavy (non-hydrogen) atoms. The van der Waals surface area contributed by atoms with Crippen LogP contribution < -0.4 is 0 Å². The van der Waals surface area contributed by atoms with Crippen LogP contribution in [0.2, 0.25) is 91.7 Å². The van der Waals surface area contributed by atoms with Gasteiger partial charge in [-0.2, -0.15) is 0 Å². The second-order valence-electron chi connectivity index (χ2n) is 14.1. The summed E-state index contributed by atoms with van der Waals surface area (Å²) in [5.74, 6) is 0. The third kappa shape index (κ3) is 16.5. The minimum atomic E-state index is -2.59. The van der Waals surface area contributed by atoms with E-state index in [2.05, 4.69) is 91.7 Å². The topological polar surface area (TPSA) is 98.9 Å². The molecule has 0 aromatic rings. The third-order valence-electron chi connectivity index (χ3n) is 5.32. The van der Waals surface area contributed by atoms with Crippen molar-refractivity contribution in [3.63, 3.8) is 0 Å². The number of epoxide rings is 2. The fourth-order valence-electron chi connectivity index (χ4n) is 5.06. The Morgan fingerprint density at radius 3 is 0.897 bits per heavy atom. The molecule has 2 rings (SSSR count). The highest BCUT2D eigenvalue weighted by Crippen LogP contribution is 2.28. The van der Waals surface area contributed by atoms with E-state index < -0.39 is 59.4 Å². The molecule has 2 heterocycles. The molecule has 0 aromatic carbocycles. The van der Waals surface area contributed by atoms with Crippen LogP contribution in [0.15, 0.2) is 0 Å². The highest BCUT2D eigenvalue weighted by atomic mass is 28.5. The summed E-state index contributed by atoms with van der Waals surface area (Å²) in [5, 5.41) is 0. The zero-order valence-corrected chi connectivity index (χ0v) is 34.0. The Bertz CT molecular complexity index is 725. The summed E-state index contributed by atoms with van der Waals surface area (Å²) in [6, 6.07) is 0. The standard InChI is InChI=1S/C22H56O10Si7/c1-33(2,19-23-15-21-17-25-21)27-35(5,6)29-37(9,10)31-39(13,14)32-38(11,12)30-36(7,8)28-34(3,4)20-24-16-22-18-26-22/h21-22H,15-20H2,1-14H3. The molecule has 2 atom stereocenters. The van der Waals surface area contributed by atoms with Gasteiger partial charge in [-0.1, -0.05) is 0 Å². The van der Waals surface area contributed by atoms with Gasteiger partial charge in [0.2, 0.25) is 16.6 Å². The fourth-order valence-corrected chi connectivity index (χ4v) is 39.0. The maximum Gasteiger partial charge on any atom is 0.314 e. The van der Waals surface area contributed by atoms with Crippen LogP contribution in [0.3, 0.4) is 0 Å². The zero-order valence-electron chi connectivity index (χ0n) is 27.0. The van der Waals surface area contributed by atoms with E-state index in [0.29, 0.717) is 25.7 Å². The number of hydrogen-bond acceptors (Lipinski definition) is 10. The average molecular weight is 677 g/mol. The Morgan fingerprint density at radius 1 is 0.436 bits per heavy atom. The van der Waals surface area contributed by atoms with Crippen molar-refractivity contribution in [1.29, 1.82) is 0 Å². The van der Waals surface area contributed by atoms with Crippen LogP contribution in [0.25, 0.3) is 0 Å². The molecular formula is C22H56O10Si7. The van der Waals surface area contributed by atoms with Crippen molar-refractivity contribution in [3.05, 3.63) is 0 Å². The van der Waals surface area contributed by atoms with Crippen molar-refractivity contribution >= 4 is 59.4 Å². The van der Waals surface area contributed by atoms with Gasteiger partial charge in [-0.15, -0.1) is 0 Å². The van der Waals surface area contributed by atoms with Crippen LogP contribution >= 0.6 is 0 Å². The van der Waals surface area contributed by atoms with Gasteiger partial charge in [0.15, 0.2) is 0 Å². The first-order valence-electron chi connectivity index (χ1n) is 14.0. The van der Waals surface area contributed by atoms with Crippen LogP contribution in [-0.4, -0.2) is 111 Å². The van der Waals surface area contributed by atoms with Gasteiger partial charge in [0.25, 0.3) is 0 Å². The highest BCUT2D eigenvalue weighted by molar-refractivity contribution is 6.92. The Labute approximate surface area is 245 Å². The van der Waals surface area contributed by atoms with E-state index in [4.69, 9.17) is 43.6 Å². The van der Waals surface area contributed by atoms with Gasteiger partial charge in [-0.3, -0.25) is 0 Å². The van der Waals surface area contributed by atoms with Crippen LogP contribution in [-0.2, 0) is 43.6 Å². The molecule has 0 N–H and O–H groups in total. The van der Waals surface area contributed by atoms with Gasteiger partial charge < -0.3 is 43.6 Å². The van der Waals surface area contributed by atoms with E-state index in [1.807, 2.05) is 0 Å². The lowest BCUT2D eigenvalue weighted by atomic mass is 10.5. The van der Waals surface area contributed by atoms with Crippen molar-refractivity contribution in [2.45, 2.75) is 104 Å². The Hall–Kier alpha value is 1.12. The summed E-state index contributed by atoms with van der Waals surface area (Å²) in [6.45, 7) is 32.4. The van der Waals surface area contributed by atoms with Crippen LogP contribution in [0.4, 0.5) is 0 Å². The van der Waals surface area contributed by atoms with Crippen LogP contribution in [0.5, 0.6) is 0 Å². The monoisotopic (exact) mass is 676 g/mol. The molecule has 0 spiro atoms. The Morgan fingerprint density at radius 2 is 0.667 bits per heavy atom. The predicted octanol–water partition coefficient (Wildman–Crippen LogP) is 4.91. The third-order valence-corrected chi connectivity index (χ3v) is 31.2. The van der Waals surface area contributed by atoms with Crippen molar-refractivity contribution in [2.24, 2.45) is 0 Å². The van der Waals surface area contributed by atoms with Crippen LogP contribution in [0.1, 0.15) is 0 Å². The molecule has 0 aromatic heterocycles. The number of rotatable bonds is 20. The molecule has 0 bridgehead atoms. The molecule has 17 heteroatoms. The molecule has 0 radical (unpaired) electrons. The largest absolute Gasteiger partial charge is 0.435 e. The lowest BCUT2D eigenvalue weighted by molar-refractivity contribution is 0.141. The van der Waals surface area contributed by atoms with E-state index in [0.717, 1.165) is 13.2 Å². The quantitative estimate of drug-likeness (QED) is 0.131. The minimum Gasteiger partial charge on any atom is -0.435 e. The van der Waals surface area contributed by atoms with Crippen molar-refractivity contribution < 1.29 is 43.6 Å². The van der Waals surface area contributed by atoms with E-state index in [1.165, 1.54) is 0 Å². The molecular weight excluding hydrogens is 621 g/mol. The lowest BCUT2D eigenvalue weighted by Gasteiger charge is -2.43. The molecule has 0 aliphatic carbocycles. The first kappa shape index (κ1) is 36.3. The van der Waals surface area contributed by atoms with E-state index >= 15 is 0 Å². The smallest absolute Gasteiger partial charge is 0.314 e. The van der Waals surface area contributed by atoms with Gasteiger partial charge in [0.05, 0.1) is 38.9 Å². The highest BCUT2D eigenvalue weighted by Gasteiger charge is 2.48. The van der Waals surface area contributed by atoms with Gasteiger partial charge in [0, 0.05) is 0 Å². The molecule has 2 saturated heterocycles. The van der Waals surface area contributed by atoms with Crippen molar-refractivity contribution in [2.75, 3.05) is 38.9 Å². The van der Waals surface area contributed by atoms with Gasteiger partial charge in [-0.05, 0) is 91.7 Å². The molecule has 10 nitrogen and oxygen atoms in total. The summed E-state index contributed by atoms with van der Waals surface area (Å²) >= 11 is 0. The summed E-state index contributed by atoms with van der Waals surface area (Å²) in [5.41, 5.74) is 0. The molecule has 2 aliphatic heterocycles. The molecule has 2 fully saturated rings. The van der Waals surface area contributed by atoms with E-state index in [9.17, 15) is 0 Å². The SMILES string of the molecule is C[Si](C)(COCC1CO1)O[Si](C)(C)O[Si](C)(C)O[Si](C)(C)O[Si](C)(C)O[Si](C)(C)O[Si](C)(C)COCC1CO1. The molecule has 232 valence electrons. The summed E-state index contributed by atoms with van der Waals surface area (Å²) in [6.07, 6.45) is 1.77. The average Bonchev–Trinajstić information content (AvgIpc) is 3.49. The fraction of sp³-hybridized carbons (Fsp3) is 1.00. The van der Waals surface area contributed by atoms with Gasteiger partial charge in [0.1, 0.15) is 12.2 Å². The second-order valence-corrected chi connectivity index (χ2v) is 40.6. The maximum atomic E-state index is 6.69. The molecule has 2 unspecified atom stereocenters. The number of hydrogen-bond donors (Lipinski definition) is 0. The summed E-state index contributed by atoms with van der Waals surface area (Å²) < 4.78 is 62.1. The summed E-state index contributed by atoms with van der Waals surface area (Å²) in [7, 11) is -16.8. The molecule has 0 amide bonds. The predicted molar refractivity (Wildman–Crippen MR) is 170 cm³/mol. The first-order valence-corrected chi connectivity index (χ1v) is 34.3. The Balaban J connectivity index is 1.88. The normalized spacial score (nSPS) is 21.4. The van der Waals surface area contributed by atoms with Gasteiger partial charge in [-0.25, -0.2) is 0 Å². The van der Waals surface area contributed by atoms with Crippen molar-refractivity contribution in [1.82, 2.24) is 0 Å². The van der Waals surface area contributed by atoms with Gasteiger partial charge >= 0.3 is 42.8 Å². The van der Waals surface area contributed by atoms with E-state index in [-0.39, 0.29) is 12.2 Å². The summed E-state index contributed by atoms with van der Waals surface area (Å²) in [4.78, 5) is 0. The van der Waals surface area contributed by atoms with E-state index in [1.54, 1.807) is 0 Å². The zero-order chi connectivity index (χ0) is 30.0. The minimum absolute atomic E-state index is 0.259. The number of ether oxygens (including phenoxy) is 4. The molecule has 2 aliphatic rings. The Kier molecular flexibility index (Phi) is 12.5. The molecule has 0 saturated carbocycles. The lowest BCUT2D eigenvalue weighted by Crippen LogP contribution is -2.61. The van der Waals surface area contributed by atoms with Crippen LogP contribution in [0, 0.1) is 0 Å².